The molecule has 3 nitrogen and oxygen atoms in total. The number of hydrogen-bond acceptors (Lipinski definition) is 3. The molecule has 0 amide bonds. The molecule has 0 bridgehead atoms. The van der Waals surface area contributed by atoms with Crippen LogP contribution >= 0.6 is 11.6 Å². The van der Waals surface area contributed by atoms with Crippen molar-refractivity contribution in [2.75, 3.05) is 6.61 Å². The summed E-state index contributed by atoms with van der Waals surface area (Å²) < 4.78 is 31.4. The molecule has 0 radical (unpaired) electrons. The third-order valence-electron chi connectivity index (χ3n) is 3.87. The molecule has 1 fully saturated rings. The maximum absolute atomic E-state index is 14.5. The van der Waals surface area contributed by atoms with Crippen LogP contribution < -0.4 is 10.2 Å². The lowest BCUT2D eigenvalue weighted by atomic mass is 9.78. The highest BCUT2D eigenvalue weighted by Gasteiger charge is 2.52. The van der Waals surface area contributed by atoms with Gasteiger partial charge in [-0.3, -0.25) is 0 Å². The zero-order valence-corrected chi connectivity index (χ0v) is 13.2. The summed E-state index contributed by atoms with van der Waals surface area (Å²) in [6.45, 7) is 9.80. The highest BCUT2D eigenvalue weighted by atomic mass is 35.5. The van der Waals surface area contributed by atoms with Crippen molar-refractivity contribution < 1.29 is 18.4 Å². The quantitative estimate of drug-likeness (QED) is 0.803. The van der Waals surface area contributed by atoms with Gasteiger partial charge in [0.1, 0.15) is 0 Å². The number of rotatable bonds is 3. The van der Waals surface area contributed by atoms with Crippen LogP contribution in [0.5, 0.6) is 5.75 Å². The van der Waals surface area contributed by atoms with E-state index in [1.165, 1.54) is 0 Å². The van der Waals surface area contributed by atoms with Crippen LogP contribution in [-0.2, 0) is 9.31 Å². The lowest BCUT2D eigenvalue weighted by molar-refractivity contribution is 0.00578. The van der Waals surface area contributed by atoms with E-state index < -0.39 is 24.1 Å². The summed E-state index contributed by atoms with van der Waals surface area (Å²) in [6.07, 6.45) is 0. The Balaban J connectivity index is 2.38. The van der Waals surface area contributed by atoms with E-state index in [2.05, 4.69) is 0 Å². The van der Waals surface area contributed by atoms with E-state index in [4.69, 9.17) is 25.6 Å². The average molecular weight is 301 g/mol. The Morgan fingerprint density at radius 2 is 1.75 bits per heavy atom. The van der Waals surface area contributed by atoms with Gasteiger partial charge in [-0.1, -0.05) is 17.7 Å². The first kappa shape index (κ1) is 15.6. The summed E-state index contributed by atoms with van der Waals surface area (Å²) in [5.41, 5.74) is -0.734. The lowest BCUT2D eigenvalue weighted by Crippen LogP contribution is -2.41. The minimum absolute atomic E-state index is 0.0429. The Hall–Kier alpha value is -0.775. The topological polar surface area (TPSA) is 27.7 Å². The van der Waals surface area contributed by atoms with Crippen molar-refractivity contribution in [3.05, 3.63) is 23.0 Å². The average Bonchev–Trinajstić information content (AvgIpc) is 2.53. The zero-order valence-electron chi connectivity index (χ0n) is 12.4. The van der Waals surface area contributed by atoms with Gasteiger partial charge in [-0.05, 0) is 40.7 Å². The van der Waals surface area contributed by atoms with Gasteiger partial charge in [0.15, 0.2) is 11.6 Å². The van der Waals surface area contributed by atoms with E-state index in [1.54, 1.807) is 19.1 Å². The minimum Gasteiger partial charge on any atom is -0.489 e. The van der Waals surface area contributed by atoms with Crippen molar-refractivity contribution in [3.8, 4) is 5.75 Å². The number of ether oxygens (including phenoxy) is 1. The third-order valence-corrected chi connectivity index (χ3v) is 4.17. The predicted octanol–water partition coefficient (Wildman–Crippen LogP) is 3.18. The monoisotopic (exact) mass is 300 g/mol. The summed E-state index contributed by atoms with van der Waals surface area (Å²) >= 11 is 5.95. The number of halogens is 2. The van der Waals surface area contributed by atoms with E-state index in [-0.39, 0.29) is 10.8 Å². The van der Waals surface area contributed by atoms with Crippen LogP contribution in [-0.4, -0.2) is 24.9 Å². The van der Waals surface area contributed by atoms with Crippen LogP contribution in [0, 0.1) is 5.82 Å². The number of hydrogen-bond donors (Lipinski definition) is 0. The Bertz CT molecular complexity index is 503. The summed E-state index contributed by atoms with van der Waals surface area (Å²) in [5.74, 6) is -0.487. The van der Waals surface area contributed by atoms with Gasteiger partial charge < -0.3 is 14.0 Å². The summed E-state index contributed by atoms with van der Waals surface area (Å²) in [7, 11) is -0.767. The maximum Gasteiger partial charge on any atom is 0.498 e. The van der Waals surface area contributed by atoms with E-state index in [0.29, 0.717) is 12.1 Å². The molecular formula is C14H19BClFO3. The molecule has 1 aliphatic rings. The molecule has 0 spiro atoms. The van der Waals surface area contributed by atoms with Crippen LogP contribution in [0.1, 0.15) is 34.6 Å². The van der Waals surface area contributed by atoms with Gasteiger partial charge in [-0.15, -0.1) is 0 Å². The van der Waals surface area contributed by atoms with Crippen LogP contribution in [0.4, 0.5) is 4.39 Å². The Kier molecular flexibility index (Phi) is 4.06. The van der Waals surface area contributed by atoms with Crippen LogP contribution in [0.3, 0.4) is 0 Å². The van der Waals surface area contributed by atoms with E-state index in [9.17, 15) is 4.39 Å². The second-order valence-electron chi connectivity index (χ2n) is 5.80. The van der Waals surface area contributed by atoms with Crippen LogP contribution in [0.25, 0.3) is 0 Å². The maximum atomic E-state index is 14.5. The molecule has 6 heteroatoms. The Labute approximate surface area is 124 Å². The molecule has 2 rings (SSSR count). The predicted molar refractivity (Wildman–Crippen MR) is 78.3 cm³/mol. The molecule has 1 aromatic carbocycles. The first-order chi connectivity index (χ1) is 9.19. The minimum atomic E-state index is -0.767. The first-order valence-electron chi connectivity index (χ1n) is 6.66. The Morgan fingerprint density at radius 1 is 1.20 bits per heavy atom. The molecule has 1 heterocycles. The number of benzene rings is 1. The summed E-state index contributed by atoms with van der Waals surface area (Å²) in [4.78, 5) is 0. The summed E-state index contributed by atoms with van der Waals surface area (Å²) in [6, 6.07) is 3.17. The van der Waals surface area contributed by atoms with Crippen molar-refractivity contribution in [2.45, 2.75) is 45.8 Å². The SMILES string of the molecule is CCOc1c(Cl)ccc(B2OC(C)(C)C(C)(C)O2)c1F. The second-order valence-corrected chi connectivity index (χ2v) is 6.21. The van der Waals surface area contributed by atoms with E-state index >= 15 is 0 Å². The van der Waals surface area contributed by atoms with Gasteiger partial charge in [0.2, 0.25) is 0 Å². The second kappa shape index (κ2) is 5.21. The molecule has 1 saturated heterocycles. The highest BCUT2D eigenvalue weighted by Crippen LogP contribution is 2.37. The lowest BCUT2D eigenvalue weighted by Gasteiger charge is -2.32. The van der Waals surface area contributed by atoms with Crippen molar-refractivity contribution in [1.29, 1.82) is 0 Å². The fraction of sp³-hybridized carbons (Fsp3) is 0.571. The largest absolute Gasteiger partial charge is 0.498 e. The van der Waals surface area contributed by atoms with Crippen molar-refractivity contribution >= 4 is 24.2 Å². The van der Waals surface area contributed by atoms with Crippen molar-refractivity contribution in [1.82, 2.24) is 0 Å². The normalized spacial score (nSPS) is 20.2. The van der Waals surface area contributed by atoms with Gasteiger partial charge in [0, 0.05) is 5.46 Å². The smallest absolute Gasteiger partial charge is 0.489 e. The van der Waals surface area contributed by atoms with Crippen molar-refractivity contribution in [3.63, 3.8) is 0 Å². The first-order valence-corrected chi connectivity index (χ1v) is 7.03. The molecule has 20 heavy (non-hydrogen) atoms. The zero-order chi connectivity index (χ0) is 15.1. The van der Waals surface area contributed by atoms with Gasteiger partial charge in [0.05, 0.1) is 22.8 Å². The molecular weight excluding hydrogens is 281 g/mol. The molecule has 0 atom stereocenters. The summed E-state index contributed by atoms with van der Waals surface area (Å²) in [5, 5.41) is 0.240. The molecule has 110 valence electrons. The van der Waals surface area contributed by atoms with Gasteiger partial charge >= 0.3 is 7.12 Å². The van der Waals surface area contributed by atoms with Gasteiger partial charge in [-0.2, -0.15) is 0 Å². The molecule has 0 aliphatic carbocycles. The van der Waals surface area contributed by atoms with Crippen LogP contribution in [0.15, 0.2) is 12.1 Å². The van der Waals surface area contributed by atoms with Gasteiger partial charge in [-0.25, -0.2) is 4.39 Å². The standard InChI is InChI=1S/C14H19BClFO3/c1-6-18-12-10(16)8-7-9(11(12)17)15-19-13(2,3)14(4,5)20-15/h7-8H,6H2,1-5H3. The fourth-order valence-corrected chi connectivity index (χ4v) is 2.18. The van der Waals surface area contributed by atoms with Gasteiger partial charge in [0.25, 0.3) is 0 Å². The fourth-order valence-electron chi connectivity index (χ4n) is 1.98. The highest BCUT2D eigenvalue weighted by molar-refractivity contribution is 6.62. The molecule has 1 aliphatic heterocycles. The molecule has 0 N–H and O–H groups in total. The molecule has 0 unspecified atom stereocenters. The molecule has 0 aromatic heterocycles. The third kappa shape index (κ3) is 2.54. The van der Waals surface area contributed by atoms with Crippen LogP contribution in [0.2, 0.25) is 5.02 Å². The molecule has 1 aromatic rings. The van der Waals surface area contributed by atoms with E-state index in [1.807, 2.05) is 27.7 Å². The Morgan fingerprint density at radius 3 is 2.25 bits per heavy atom. The molecule has 0 saturated carbocycles. The van der Waals surface area contributed by atoms with E-state index in [0.717, 1.165) is 0 Å². The van der Waals surface area contributed by atoms with Crippen molar-refractivity contribution in [2.24, 2.45) is 0 Å².